The van der Waals surface area contributed by atoms with E-state index in [1.165, 1.54) is 69.2 Å². The van der Waals surface area contributed by atoms with Crippen molar-refractivity contribution < 1.29 is 148 Å². The van der Waals surface area contributed by atoms with Gasteiger partial charge in [0.25, 0.3) is 11.8 Å². The van der Waals surface area contributed by atoms with E-state index in [1.807, 2.05) is 54.6 Å². The van der Waals surface area contributed by atoms with E-state index in [1.54, 1.807) is 102 Å². The summed E-state index contributed by atoms with van der Waals surface area (Å²) in [5.74, 6) is -5.59. The number of likely N-dealkylation sites (tertiary alicyclic amines) is 1. The Morgan fingerprint density at radius 2 is 0.773 bits per heavy atom. The third-order valence-corrected chi connectivity index (χ3v) is 24.6. The van der Waals surface area contributed by atoms with Crippen LogP contribution >= 0.6 is 0 Å². The number of hydrogen-bond donors (Lipinski definition) is 9. The summed E-state index contributed by atoms with van der Waals surface area (Å²) < 4.78 is 90.6. The van der Waals surface area contributed by atoms with Crippen molar-refractivity contribution >= 4 is 99.9 Å². The number of imide groups is 1. The first-order valence-corrected chi connectivity index (χ1v) is 50.5. The lowest BCUT2D eigenvalue weighted by atomic mass is 9.99. The zero-order chi connectivity index (χ0) is 108. The first-order chi connectivity index (χ1) is 72.4. The van der Waals surface area contributed by atoms with Gasteiger partial charge in [-0.05, 0) is 125 Å². The van der Waals surface area contributed by atoms with E-state index in [0.29, 0.717) is 134 Å². The maximum atomic E-state index is 14.5. The van der Waals surface area contributed by atoms with E-state index < -0.39 is 114 Å². The summed E-state index contributed by atoms with van der Waals surface area (Å²) in [6.45, 7) is 19.5. The normalized spacial score (nSPS) is 16.9. The van der Waals surface area contributed by atoms with Gasteiger partial charge in [0.15, 0.2) is 35.5 Å². The molecule has 5 aromatic carbocycles. The second-order valence-electron chi connectivity index (χ2n) is 36.7. The summed E-state index contributed by atoms with van der Waals surface area (Å²) in [6, 6.07) is 29.4. The summed E-state index contributed by atoms with van der Waals surface area (Å²) in [5, 5.41) is 43.3. The number of amides is 13. The molecule has 0 spiro atoms. The Bertz CT molecular complexity index is 5400. The Labute approximate surface area is 873 Å². The van der Waals surface area contributed by atoms with Gasteiger partial charge in [0, 0.05) is 81.8 Å². The molecule has 5 aliphatic rings. The molecule has 0 radical (unpaired) electrons. The number of benzene rings is 4. The Balaban J connectivity index is 0.579. The van der Waals surface area contributed by atoms with E-state index >= 15 is 0 Å². The molecule has 10 rings (SSSR count). The second kappa shape index (κ2) is 62.4. The molecule has 0 bridgehead atoms. The lowest BCUT2D eigenvalue weighted by Crippen LogP contribution is -2.53. The highest BCUT2D eigenvalue weighted by Crippen LogP contribution is 2.45. The first kappa shape index (κ1) is 119. The van der Waals surface area contributed by atoms with Crippen LogP contribution in [0.25, 0.3) is 0 Å². The number of methoxy groups -OCH3 is 3. The van der Waals surface area contributed by atoms with Crippen LogP contribution in [0.3, 0.4) is 0 Å². The third-order valence-electron chi connectivity index (χ3n) is 24.6. The predicted octanol–water partition coefficient (Wildman–Crippen LogP) is 8.44. The Kier molecular flexibility index (Phi) is 49.3. The minimum Gasteiger partial charge on any atom is -0.493 e. The highest BCUT2D eigenvalue weighted by molar-refractivity contribution is 6.09. The molecule has 13 amide bonds. The van der Waals surface area contributed by atoms with Crippen LogP contribution in [0.4, 0.5) is 32.3 Å². The van der Waals surface area contributed by atoms with Gasteiger partial charge in [-0.15, -0.1) is 0 Å². The Morgan fingerprint density at radius 1 is 0.400 bits per heavy atom. The number of anilines is 4. The largest absolute Gasteiger partial charge is 0.493 e. The quantitative estimate of drug-likeness (QED) is 0.0130. The fourth-order valence-corrected chi connectivity index (χ4v) is 16.5. The molecule has 1 fully saturated rings. The number of rotatable bonds is 63. The minimum absolute atomic E-state index is 0.00477. The summed E-state index contributed by atoms with van der Waals surface area (Å²) >= 11 is 0. The third kappa shape index (κ3) is 36.5. The SMILES string of the molecule is COCCOCCC(=O)N[C@H](C(=O)N[C@@H](C)C(=O)Nc1ccc(COC(=O)N2c3cc(OCCCCCOc4cc5c(cc4OC)C(=O)N4C=C(C)C[C@H]4[C@H](O)N5C(=O)OCc4ccc(NC(=O)[C@H](C)NC(=O)[C@@H](NC(=O)CCOCCOCCOCCOCCOCCOCCOCCOCCNC(=O)CCN5C(=O)CC(c6ccccccccc6)C5=O)C(C)C)cc4)c(OC)cc3C(=O)N3C=C(C)C[C@H]3[C@@H]2O)cc1)C(C)C. The maximum Gasteiger partial charge on any atom is 0.416 e. The molecule has 9 N–H and O–H groups in total. The van der Waals surface area contributed by atoms with Gasteiger partial charge in [0.2, 0.25) is 53.2 Å². The van der Waals surface area contributed by atoms with E-state index in [9.17, 15) is 72.5 Å². The highest BCUT2D eigenvalue weighted by atomic mass is 16.6. The van der Waals surface area contributed by atoms with Gasteiger partial charge in [-0.1, -0.05) is 118 Å². The molecule has 1 saturated heterocycles. The molecule has 818 valence electrons. The molecule has 43 nitrogen and oxygen atoms in total. The molecule has 1 unspecified atom stereocenters. The van der Waals surface area contributed by atoms with E-state index in [0.717, 1.165) is 31.4 Å². The van der Waals surface area contributed by atoms with Crippen molar-refractivity contribution in [1.82, 2.24) is 41.3 Å². The fraction of sp³-hybridized carbons (Fsp3) is 0.523. The maximum absolute atomic E-state index is 14.5. The zero-order valence-electron chi connectivity index (χ0n) is 87.1. The van der Waals surface area contributed by atoms with Crippen LogP contribution in [0.2, 0.25) is 0 Å². The number of ether oxygens (including phenoxy) is 16. The number of fused-ring (bicyclic) bond motifs is 4. The molecular formula is C107H144N12O31. The number of hydrogen-bond acceptors (Lipinski definition) is 31. The average Bonchev–Trinajstić information content (AvgIpc) is 1.60. The van der Waals surface area contributed by atoms with Gasteiger partial charge >= 0.3 is 12.2 Å². The summed E-state index contributed by atoms with van der Waals surface area (Å²) in [4.78, 5) is 181. The molecule has 9 atom stereocenters. The molecule has 5 aliphatic heterocycles. The number of nitrogens with one attached hydrogen (secondary N) is 7. The smallest absolute Gasteiger partial charge is 0.416 e. The summed E-state index contributed by atoms with van der Waals surface area (Å²) in [7, 11) is 4.33. The van der Waals surface area contributed by atoms with Crippen molar-refractivity contribution in [3.63, 3.8) is 0 Å². The highest BCUT2D eigenvalue weighted by Gasteiger charge is 2.48. The fourth-order valence-electron chi connectivity index (χ4n) is 16.5. The van der Waals surface area contributed by atoms with Crippen LogP contribution in [0, 0.1) is 11.8 Å². The first-order valence-electron chi connectivity index (χ1n) is 50.5. The summed E-state index contributed by atoms with van der Waals surface area (Å²) in [6.07, 6.45) is 0.00989. The van der Waals surface area contributed by atoms with Crippen molar-refractivity contribution in [2.75, 3.05) is 194 Å². The molecule has 0 aliphatic carbocycles. The number of aliphatic hydroxyl groups is 2. The van der Waals surface area contributed by atoms with E-state index in [2.05, 4.69) is 37.2 Å². The standard InChI is InChI=1S/C107H144N12O31/c1-69(2)95(113-92(121)33-39-138-43-42-135-9)99(126)109-73(7)97(124)111-78-28-24-75(25-29-78)67-149-106(133)118-83-63-89(87(136-10)60-81(83)102(129)116-65-71(5)58-85(116)104(118)131)147-37-20-17-21-38-148-90-64-84-82(61-88(90)137-11)103(130)117-66-72(6)59-86(117)105(132)119(84)107(134)150-68-76-26-30-79(31-27-76)112-98(125)74(8)110-100(127)96(70(3)4)114-93(122)34-40-139-44-46-141-48-50-143-52-54-145-56-57-146-55-53-144-51-49-142-47-45-140-41-35-108-91(120)32-36-115-94(123)62-80(101(115)128)77-22-18-15-13-12-14-16-19-23-77/h12-16,18-19,22-31,60-61,63-66,69-70,73-74,80,85-86,95-96,104-105,131-132H,17,20-21,32-59,62,67-68H2,1-11H3,(H,108,120)(H,109,126)(H,110,127)(H,111,124)(H,112,125)(H,113,121)(H,114,122)/t73-,74-,80?,85-,86-,95-,96-,104-,105-/m0/s1. The minimum atomic E-state index is -1.60. The molecule has 0 aromatic heterocycles. The molecule has 5 heterocycles. The van der Waals surface area contributed by atoms with Crippen molar-refractivity contribution in [2.45, 2.75) is 181 Å². The number of aliphatic hydroxyl groups excluding tert-OH is 2. The zero-order valence-corrected chi connectivity index (χ0v) is 87.1. The molecule has 150 heavy (non-hydrogen) atoms. The van der Waals surface area contributed by atoms with Gasteiger partial charge in [0.1, 0.15) is 37.4 Å². The van der Waals surface area contributed by atoms with Gasteiger partial charge in [-0.25, -0.2) is 19.4 Å². The lowest BCUT2D eigenvalue weighted by molar-refractivity contribution is -0.139. The van der Waals surface area contributed by atoms with Gasteiger partial charge in [-0.3, -0.25) is 57.6 Å². The number of carbonyl (C=O) groups excluding carboxylic acids is 13. The van der Waals surface area contributed by atoms with E-state index in [-0.39, 0.29) is 186 Å². The Hall–Kier alpha value is -13.3. The number of carbonyl (C=O) groups is 13. The van der Waals surface area contributed by atoms with Crippen molar-refractivity contribution in [1.29, 1.82) is 0 Å². The van der Waals surface area contributed by atoms with Crippen molar-refractivity contribution in [3.8, 4) is 23.0 Å². The Morgan fingerprint density at radius 3 is 1.15 bits per heavy atom. The molecule has 0 saturated carbocycles. The summed E-state index contributed by atoms with van der Waals surface area (Å²) in [5.41, 5.74) is 4.01. The monoisotopic (exact) mass is 2090 g/mol. The molecular weight excluding hydrogens is 1950 g/mol. The van der Waals surface area contributed by atoms with Crippen LogP contribution < -0.4 is 66.0 Å². The number of nitrogens with zero attached hydrogens (tertiary/aromatic N) is 5. The average molecular weight is 2090 g/mol. The van der Waals surface area contributed by atoms with Crippen LogP contribution in [0.1, 0.15) is 157 Å². The van der Waals surface area contributed by atoms with Crippen LogP contribution in [-0.4, -0.2) is 324 Å². The van der Waals surface area contributed by atoms with Crippen LogP contribution in [-0.2, 0) is 113 Å². The lowest BCUT2D eigenvalue weighted by Gasteiger charge is -2.31. The van der Waals surface area contributed by atoms with Crippen LogP contribution in [0.15, 0.2) is 151 Å². The topological polar surface area (TPSA) is 510 Å². The molecule has 43 heteroatoms. The van der Waals surface area contributed by atoms with Crippen LogP contribution in [0.5, 0.6) is 23.0 Å². The predicted molar refractivity (Wildman–Crippen MR) is 548 cm³/mol. The number of unbranched alkanes of at least 4 members (excludes halogenated alkanes) is 2. The van der Waals surface area contributed by atoms with Gasteiger partial charge in [-0.2, -0.15) is 0 Å². The van der Waals surface area contributed by atoms with Crippen molar-refractivity contribution in [3.05, 3.63) is 179 Å². The van der Waals surface area contributed by atoms with E-state index in [4.69, 9.17) is 75.8 Å². The van der Waals surface area contributed by atoms with Crippen molar-refractivity contribution in [2.24, 2.45) is 11.8 Å². The molecule has 5 aromatic rings. The van der Waals surface area contributed by atoms with Gasteiger partial charge < -0.3 is 133 Å². The van der Waals surface area contributed by atoms with Gasteiger partial charge in [0.05, 0.1) is 193 Å². The second-order valence-corrected chi connectivity index (χ2v) is 36.7.